The van der Waals surface area contributed by atoms with Crippen LogP contribution in [0.1, 0.15) is 32.1 Å². The Morgan fingerprint density at radius 3 is 1.56 bits per heavy atom. The zero-order valence-corrected chi connectivity index (χ0v) is 10.5. The molecule has 16 heavy (non-hydrogen) atoms. The first-order chi connectivity index (χ1) is 7.95. The van der Waals surface area contributed by atoms with E-state index in [-0.39, 0.29) is 0 Å². The van der Waals surface area contributed by atoms with Crippen LogP contribution in [0.4, 0.5) is 0 Å². The molecule has 2 saturated heterocycles. The summed E-state index contributed by atoms with van der Waals surface area (Å²) < 4.78 is 5.71. The molecule has 0 N–H and O–H groups in total. The van der Waals surface area contributed by atoms with Crippen molar-refractivity contribution in [3.8, 4) is 0 Å². The maximum Gasteiger partial charge on any atom is 0.0594 e. The van der Waals surface area contributed by atoms with Crippen molar-refractivity contribution in [1.82, 2.24) is 9.80 Å². The zero-order valence-electron chi connectivity index (χ0n) is 10.5. The smallest absolute Gasteiger partial charge is 0.0594 e. The molecule has 2 aliphatic heterocycles. The molecule has 0 amide bonds. The van der Waals surface area contributed by atoms with E-state index in [1.54, 1.807) is 0 Å². The first kappa shape index (κ1) is 12.3. The molecule has 0 aromatic heterocycles. The quantitative estimate of drug-likeness (QED) is 0.640. The largest absolute Gasteiger partial charge is 0.379 e. The van der Waals surface area contributed by atoms with Crippen LogP contribution >= 0.6 is 0 Å². The van der Waals surface area contributed by atoms with Crippen LogP contribution in [0.25, 0.3) is 0 Å². The average Bonchev–Trinajstić information content (AvgIpc) is 2.83. The van der Waals surface area contributed by atoms with Crippen LogP contribution in [0.15, 0.2) is 0 Å². The molecular formula is C13H26N2O. The molecule has 2 heterocycles. The molecule has 0 bridgehead atoms. The van der Waals surface area contributed by atoms with Crippen LogP contribution in [-0.2, 0) is 4.74 Å². The fourth-order valence-electron chi connectivity index (χ4n) is 2.68. The van der Waals surface area contributed by atoms with Crippen molar-refractivity contribution in [2.24, 2.45) is 0 Å². The van der Waals surface area contributed by atoms with Crippen molar-refractivity contribution < 1.29 is 4.74 Å². The predicted molar refractivity (Wildman–Crippen MR) is 66.8 cm³/mol. The number of likely N-dealkylation sites (tertiary alicyclic amines) is 2. The minimum atomic E-state index is 0.924. The van der Waals surface area contributed by atoms with E-state index >= 15 is 0 Å². The molecule has 2 aliphatic rings. The third kappa shape index (κ3) is 4.40. The molecule has 3 heteroatoms. The predicted octanol–water partition coefficient (Wildman–Crippen LogP) is 1.58. The van der Waals surface area contributed by atoms with Crippen molar-refractivity contribution in [2.45, 2.75) is 32.1 Å². The Bertz CT molecular complexity index is 175. The number of rotatable bonds is 6. The van der Waals surface area contributed by atoms with Gasteiger partial charge in [-0.2, -0.15) is 0 Å². The summed E-state index contributed by atoms with van der Waals surface area (Å²) >= 11 is 0. The molecule has 0 radical (unpaired) electrons. The Balaban J connectivity index is 1.42. The van der Waals surface area contributed by atoms with Crippen molar-refractivity contribution in [3.63, 3.8) is 0 Å². The highest BCUT2D eigenvalue weighted by atomic mass is 16.5. The molecule has 0 aliphatic carbocycles. The van der Waals surface area contributed by atoms with Crippen molar-refractivity contribution in [2.75, 3.05) is 52.5 Å². The summed E-state index contributed by atoms with van der Waals surface area (Å²) in [6.07, 6.45) is 6.95. The van der Waals surface area contributed by atoms with Gasteiger partial charge < -0.3 is 14.5 Å². The van der Waals surface area contributed by atoms with E-state index in [4.69, 9.17) is 4.74 Å². The zero-order chi connectivity index (χ0) is 11.1. The van der Waals surface area contributed by atoms with Gasteiger partial charge in [0.2, 0.25) is 0 Å². The molecule has 2 rings (SSSR count). The Morgan fingerprint density at radius 2 is 1.06 bits per heavy atom. The second-order valence-corrected chi connectivity index (χ2v) is 5.06. The van der Waals surface area contributed by atoms with Gasteiger partial charge in [0, 0.05) is 13.1 Å². The maximum absolute atomic E-state index is 5.71. The Kier molecular flexibility index (Phi) is 5.59. The highest BCUT2D eigenvalue weighted by Gasteiger charge is 2.11. The first-order valence-electron chi connectivity index (χ1n) is 6.97. The molecule has 0 aromatic carbocycles. The molecule has 0 saturated carbocycles. The van der Waals surface area contributed by atoms with Gasteiger partial charge in [0.05, 0.1) is 13.2 Å². The van der Waals surface area contributed by atoms with Crippen LogP contribution < -0.4 is 0 Å². The van der Waals surface area contributed by atoms with Gasteiger partial charge in [0.25, 0.3) is 0 Å². The van der Waals surface area contributed by atoms with Gasteiger partial charge in [0.15, 0.2) is 0 Å². The fourth-order valence-corrected chi connectivity index (χ4v) is 2.68. The van der Waals surface area contributed by atoms with Crippen molar-refractivity contribution >= 4 is 0 Å². The van der Waals surface area contributed by atoms with Gasteiger partial charge >= 0.3 is 0 Å². The minimum Gasteiger partial charge on any atom is -0.379 e. The summed E-state index contributed by atoms with van der Waals surface area (Å²) in [7, 11) is 0. The number of ether oxygens (including phenoxy) is 1. The van der Waals surface area contributed by atoms with Gasteiger partial charge in [-0.25, -0.2) is 0 Å². The van der Waals surface area contributed by atoms with E-state index in [2.05, 4.69) is 9.80 Å². The second kappa shape index (κ2) is 7.25. The molecule has 0 spiro atoms. The first-order valence-corrected chi connectivity index (χ1v) is 6.97. The van der Waals surface area contributed by atoms with E-state index in [9.17, 15) is 0 Å². The van der Waals surface area contributed by atoms with E-state index in [1.807, 2.05) is 0 Å². The fraction of sp³-hybridized carbons (Fsp3) is 1.00. The van der Waals surface area contributed by atoms with Gasteiger partial charge in [-0.15, -0.1) is 0 Å². The normalized spacial score (nSPS) is 24.0. The summed E-state index contributed by atoms with van der Waals surface area (Å²) in [5.41, 5.74) is 0. The number of nitrogens with zero attached hydrogens (tertiary/aromatic N) is 2. The highest BCUT2D eigenvalue weighted by molar-refractivity contribution is 4.66. The van der Waals surface area contributed by atoms with Crippen LogP contribution in [0, 0.1) is 0 Å². The summed E-state index contributed by atoms with van der Waals surface area (Å²) in [5.74, 6) is 0. The average molecular weight is 226 g/mol. The molecule has 0 unspecified atom stereocenters. The number of hydrogen-bond acceptors (Lipinski definition) is 3. The van der Waals surface area contributed by atoms with Crippen LogP contribution in [-0.4, -0.2) is 62.3 Å². The topological polar surface area (TPSA) is 15.7 Å². The lowest BCUT2D eigenvalue weighted by Gasteiger charge is -2.26. The summed E-state index contributed by atoms with van der Waals surface area (Å²) in [4.78, 5) is 5.06. The number of hydrogen-bond donors (Lipinski definition) is 0. The second-order valence-electron chi connectivity index (χ2n) is 5.06. The molecule has 0 atom stereocenters. The summed E-state index contributed by atoms with van der Waals surface area (Å²) in [5, 5.41) is 0. The molecular weight excluding hydrogens is 200 g/mol. The standard InChI is InChI=1S/C13H26N2O/c1-2-6-14(7-3-1)10-12-16-13-11-15-8-4-5-9-15/h1-13H2. The number of piperidine rings is 1. The Morgan fingerprint density at radius 1 is 0.625 bits per heavy atom. The lowest BCUT2D eigenvalue weighted by Crippen LogP contribution is -2.33. The van der Waals surface area contributed by atoms with Crippen molar-refractivity contribution in [1.29, 1.82) is 0 Å². The molecule has 2 fully saturated rings. The lowest BCUT2D eigenvalue weighted by atomic mass is 10.1. The molecule has 0 aromatic rings. The minimum absolute atomic E-state index is 0.924. The maximum atomic E-state index is 5.71. The van der Waals surface area contributed by atoms with Crippen LogP contribution in [0.5, 0.6) is 0 Å². The van der Waals surface area contributed by atoms with Crippen molar-refractivity contribution in [3.05, 3.63) is 0 Å². The lowest BCUT2D eigenvalue weighted by molar-refractivity contribution is 0.0826. The highest BCUT2D eigenvalue weighted by Crippen LogP contribution is 2.08. The monoisotopic (exact) mass is 226 g/mol. The van der Waals surface area contributed by atoms with E-state index < -0.39 is 0 Å². The molecule has 3 nitrogen and oxygen atoms in total. The molecule has 94 valence electrons. The Labute approximate surface area is 99.7 Å². The third-order valence-electron chi connectivity index (χ3n) is 3.75. The van der Waals surface area contributed by atoms with E-state index in [0.717, 1.165) is 26.3 Å². The van der Waals surface area contributed by atoms with Gasteiger partial charge in [-0.1, -0.05) is 6.42 Å². The van der Waals surface area contributed by atoms with Crippen LogP contribution in [0.2, 0.25) is 0 Å². The summed E-state index contributed by atoms with van der Waals surface area (Å²) in [6.45, 7) is 9.28. The SMILES string of the molecule is C1CCN(CCOCCN2CCCC2)CC1. The Hall–Kier alpha value is -0.120. The third-order valence-corrected chi connectivity index (χ3v) is 3.75. The van der Waals surface area contributed by atoms with Gasteiger partial charge in [-0.3, -0.25) is 0 Å². The van der Waals surface area contributed by atoms with Gasteiger partial charge in [0.1, 0.15) is 0 Å². The van der Waals surface area contributed by atoms with E-state index in [0.29, 0.717) is 0 Å². The van der Waals surface area contributed by atoms with Gasteiger partial charge in [-0.05, 0) is 51.9 Å². The summed E-state index contributed by atoms with van der Waals surface area (Å²) in [6, 6.07) is 0. The van der Waals surface area contributed by atoms with E-state index in [1.165, 1.54) is 58.3 Å². The van der Waals surface area contributed by atoms with Crippen LogP contribution in [0.3, 0.4) is 0 Å².